The van der Waals surface area contributed by atoms with E-state index in [1.807, 2.05) is 0 Å². The van der Waals surface area contributed by atoms with Gasteiger partial charge in [-0.3, -0.25) is 0 Å². The summed E-state index contributed by atoms with van der Waals surface area (Å²) in [5, 5.41) is 41.3. The number of fused-ring (bicyclic) bond motifs is 2. The maximum absolute atomic E-state index is 10.8. The zero-order valence-electron chi connectivity index (χ0n) is 30.1. The fourth-order valence-corrected chi connectivity index (χ4v) is 11.9. The van der Waals surface area contributed by atoms with Crippen molar-refractivity contribution in [2.75, 3.05) is 20.8 Å². The third kappa shape index (κ3) is 4.95. The average Bonchev–Trinajstić information content (AvgIpc) is 3.41. The van der Waals surface area contributed by atoms with E-state index in [1.54, 1.807) is 14.2 Å². The molecule has 9 nitrogen and oxygen atoms in total. The molecule has 2 heterocycles. The van der Waals surface area contributed by atoms with Crippen molar-refractivity contribution >= 4 is 0 Å². The van der Waals surface area contributed by atoms with E-state index in [0.29, 0.717) is 17.8 Å². The maximum atomic E-state index is 10.8. The molecule has 3 saturated carbocycles. The summed E-state index contributed by atoms with van der Waals surface area (Å²) in [6.45, 7) is 15.6. The zero-order valence-corrected chi connectivity index (χ0v) is 30.1. The molecule has 0 radical (unpaired) electrons. The molecule has 4 aliphatic carbocycles. The maximum Gasteiger partial charge on any atom is 0.186 e. The van der Waals surface area contributed by atoms with Crippen LogP contribution in [0.3, 0.4) is 0 Å². The molecule has 0 aromatic carbocycles. The summed E-state index contributed by atoms with van der Waals surface area (Å²) in [7, 11) is 3.56. The number of allylic oxidation sites excluding steroid dienone is 2. The van der Waals surface area contributed by atoms with Crippen molar-refractivity contribution in [2.24, 2.45) is 45.3 Å². The van der Waals surface area contributed by atoms with Crippen LogP contribution in [-0.4, -0.2) is 95.6 Å². The summed E-state index contributed by atoms with van der Waals surface area (Å²) >= 11 is 0. The third-order valence-electron chi connectivity index (χ3n) is 15.0. The lowest BCUT2D eigenvalue weighted by Crippen LogP contribution is -2.66. The van der Waals surface area contributed by atoms with Gasteiger partial charge in [-0.25, -0.2) is 0 Å². The normalized spacial score (nSPS) is 51.1. The van der Waals surface area contributed by atoms with E-state index in [1.165, 1.54) is 12.8 Å². The fourth-order valence-electron chi connectivity index (χ4n) is 11.9. The van der Waals surface area contributed by atoms with E-state index in [2.05, 4.69) is 72.8 Å². The molecule has 0 aromatic rings. The second-order valence-corrected chi connectivity index (χ2v) is 17.5. The van der Waals surface area contributed by atoms with Gasteiger partial charge in [-0.1, -0.05) is 58.9 Å². The van der Waals surface area contributed by atoms with Gasteiger partial charge in [0.25, 0.3) is 0 Å². The quantitative estimate of drug-likeness (QED) is 0.259. The summed E-state index contributed by atoms with van der Waals surface area (Å²) in [4.78, 5) is 0. The van der Waals surface area contributed by atoms with Crippen molar-refractivity contribution in [1.82, 2.24) is 0 Å². The summed E-state index contributed by atoms with van der Waals surface area (Å²) in [6, 6.07) is 0. The lowest BCUT2D eigenvalue weighted by atomic mass is 9.38. The highest BCUT2D eigenvalue weighted by atomic mass is 16.7. The molecule has 0 aromatic heterocycles. The van der Waals surface area contributed by atoms with E-state index in [-0.39, 0.29) is 40.2 Å². The van der Waals surface area contributed by atoms with E-state index >= 15 is 0 Å². The zero-order chi connectivity index (χ0) is 34.4. The minimum atomic E-state index is -1.48. The highest BCUT2D eigenvalue weighted by molar-refractivity contribution is 5.34. The molecule has 268 valence electrons. The van der Waals surface area contributed by atoms with Gasteiger partial charge >= 0.3 is 0 Å². The Labute approximate surface area is 282 Å². The van der Waals surface area contributed by atoms with Gasteiger partial charge < -0.3 is 44.1 Å². The molecule has 9 heteroatoms. The van der Waals surface area contributed by atoms with Gasteiger partial charge in [0.15, 0.2) is 12.6 Å². The Kier molecular flexibility index (Phi) is 9.27. The van der Waals surface area contributed by atoms with Crippen molar-refractivity contribution in [3.05, 3.63) is 24.3 Å². The molecule has 2 aliphatic heterocycles. The lowest BCUT2D eigenvalue weighted by molar-refractivity contribution is -0.331. The Morgan fingerprint density at radius 2 is 1.68 bits per heavy atom. The van der Waals surface area contributed by atoms with Gasteiger partial charge in [-0.05, 0) is 87.4 Å². The van der Waals surface area contributed by atoms with Gasteiger partial charge in [0.1, 0.15) is 30.0 Å². The van der Waals surface area contributed by atoms with Crippen LogP contribution in [0.15, 0.2) is 24.3 Å². The van der Waals surface area contributed by atoms with E-state index in [4.69, 9.17) is 23.7 Å². The number of aliphatic hydroxyl groups excluding tert-OH is 4. The minimum absolute atomic E-state index is 0.0979. The van der Waals surface area contributed by atoms with Crippen molar-refractivity contribution in [2.45, 2.75) is 148 Å². The second kappa shape index (κ2) is 12.1. The van der Waals surface area contributed by atoms with Crippen LogP contribution in [0.25, 0.3) is 0 Å². The smallest absolute Gasteiger partial charge is 0.186 e. The number of aliphatic hydroxyl groups is 4. The molecule has 2 bridgehead atoms. The molecule has 4 N–H and O–H groups in total. The molecule has 15 unspecified atom stereocenters. The Morgan fingerprint density at radius 3 is 2.34 bits per heavy atom. The Balaban J connectivity index is 1.29. The third-order valence-corrected chi connectivity index (χ3v) is 15.0. The van der Waals surface area contributed by atoms with Crippen LogP contribution >= 0.6 is 0 Å². The molecule has 6 aliphatic rings. The number of rotatable bonds is 9. The van der Waals surface area contributed by atoms with Crippen molar-refractivity contribution in [1.29, 1.82) is 0 Å². The topological polar surface area (TPSA) is 127 Å². The molecular formula is C38H62O9. The van der Waals surface area contributed by atoms with Gasteiger partial charge in [0.05, 0.1) is 18.3 Å². The van der Waals surface area contributed by atoms with Crippen LogP contribution < -0.4 is 0 Å². The largest absolute Gasteiger partial charge is 0.394 e. The van der Waals surface area contributed by atoms with Crippen molar-refractivity contribution in [3.63, 3.8) is 0 Å². The van der Waals surface area contributed by atoms with Crippen molar-refractivity contribution < 1.29 is 44.1 Å². The van der Waals surface area contributed by atoms with Crippen LogP contribution in [0.1, 0.15) is 93.4 Å². The molecule has 15 atom stereocenters. The Morgan fingerprint density at radius 1 is 0.957 bits per heavy atom. The first-order chi connectivity index (χ1) is 22.0. The van der Waals surface area contributed by atoms with Crippen LogP contribution in [0.4, 0.5) is 0 Å². The molecule has 5 fully saturated rings. The first kappa shape index (κ1) is 35.9. The number of ether oxygens (including phenoxy) is 5. The summed E-state index contributed by atoms with van der Waals surface area (Å²) in [6.07, 6.45) is 9.34. The standard InChI is InChI=1S/C38H62O9/c1-22(11-10-16-33(2,3)44-9)23-14-17-36(7)25-15-18-38-26(37(25,32(43-8)47-38)20-19-35(23,36)6)12-13-27(34(38,4)5)46-31-30(42)29(41)28(40)24(21-39)45-31/h10,15-16,18,22-32,39-42H,11-14,17,19-21H2,1-9H3/b16-10+. The highest BCUT2D eigenvalue weighted by Gasteiger charge is 2.78. The summed E-state index contributed by atoms with van der Waals surface area (Å²) < 4.78 is 31.4. The molecular weight excluding hydrogens is 600 g/mol. The van der Waals surface area contributed by atoms with Gasteiger partial charge in [0.2, 0.25) is 0 Å². The molecule has 6 rings (SSSR count). The Bertz CT molecular complexity index is 1220. The summed E-state index contributed by atoms with van der Waals surface area (Å²) in [5.74, 6) is 1.75. The van der Waals surface area contributed by atoms with E-state index < -0.39 is 48.3 Å². The highest BCUT2D eigenvalue weighted by Crippen LogP contribution is 2.79. The van der Waals surface area contributed by atoms with Gasteiger partial charge in [-0.15, -0.1) is 0 Å². The number of methoxy groups -OCH3 is 2. The number of hydrogen-bond acceptors (Lipinski definition) is 9. The molecule has 0 amide bonds. The minimum Gasteiger partial charge on any atom is -0.394 e. The first-order valence-corrected chi connectivity index (χ1v) is 18.1. The fraction of sp³-hybridized carbons (Fsp3) is 0.895. The van der Waals surface area contributed by atoms with Crippen LogP contribution in [0.5, 0.6) is 0 Å². The van der Waals surface area contributed by atoms with Crippen LogP contribution in [-0.2, 0) is 23.7 Å². The summed E-state index contributed by atoms with van der Waals surface area (Å²) in [5.41, 5.74) is -1.31. The SMILES string of the molecule is COC1OC23C=CC4C1(CCC1(C)C(C(C)C/C=C/C(C)(C)OC)CCC41C)C2CCC(OC1OC(CO)C(O)C(O)C1O)C3(C)C. The van der Waals surface area contributed by atoms with Crippen LogP contribution in [0.2, 0.25) is 0 Å². The predicted octanol–water partition coefficient (Wildman–Crippen LogP) is 4.75. The monoisotopic (exact) mass is 662 g/mol. The molecule has 2 saturated heterocycles. The van der Waals surface area contributed by atoms with Gasteiger partial charge in [0, 0.05) is 31.0 Å². The molecule has 1 spiro atoms. The Hall–Kier alpha value is -0.880. The second-order valence-electron chi connectivity index (χ2n) is 17.5. The van der Waals surface area contributed by atoms with Crippen molar-refractivity contribution in [3.8, 4) is 0 Å². The average molecular weight is 663 g/mol. The molecule has 47 heavy (non-hydrogen) atoms. The predicted molar refractivity (Wildman–Crippen MR) is 177 cm³/mol. The number of hydrogen-bond donors (Lipinski definition) is 4. The first-order valence-electron chi connectivity index (χ1n) is 18.1. The van der Waals surface area contributed by atoms with E-state index in [0.717, 1.165) is 32.1 Å². The van der Waals surface area contributed by atoms with Crippen LogP contribution in [0, 0.1) is 45.3 Å². The lowest BCUT2D eigenvalue weighted by Gasteiger charge is -2.65. The van der Waals surface area contributed by atoms with E-state index in [9.17, 15) is 20.4 Å². The van der Waals surface area contributed by atoms with Gasteiger partial charge in [-0.2, -0.15) is 0 Å².